The van der Waals surface area contributed by atoms with E-state index in [0.29, 0.717) is 11.8 Å². The van der Waals surface area contributed by atoms with Gasteiger partial charge in [0.25, 0.3) is 0 Å². The summed E-state index contributed by atoms with van der Waals surface area (Å²) in [6.07, 6.45) is 0.548. The zero-order chi connectivity index (χ0) is 9.84. The van der Waals surface area contributed by atoms with E-state index in [1.54, 1.807) is 0 Å². The summed E-state index contributed by atoms with van der Waals surface area (Å²) in [6, 6.07) is 5.60. The van der Waals surface area contributed by atoms with Gasteiger partial charge < -0.3 is 0 Å². The molecular formula is C10H11BrOS. The number of carbonyl (C=O) groups is 1. The van der Waals surface area contributed by atoms with Crippen LogP contribution in [0.5, 0.6) is 0 Å². The minimum Gasteiger partial charge on any atom is -0.294 e. The molecule has 0 aliphatic heterocycles. The van der Waals surface area contributed by atoms with Crippen LogP contribution in [-0.4, -0.2) is 5.78 Å². The highest BCUT2D eigenvalue weighted by Gasteiger charge is 2.08. The minimum atomic E-state index is 0.183. The summed E-state index contributed by atoms with van der Waals surface area (Å²) >= 11 is 7.57. The van der Waals surface area contributed by atoms with Crippen molar-refractivity contribution in [1.82, 2.24) is 0 Å². The molecule has 3 heteroatoms. The van der Waals surface area contributed by atoms with Gasteiger partial charge in [-0.25, -0.2) is 0 Å². The van der Waals surface area contributed by atoms with E-state index in [1.807, 2.05) is 25.1 Å². The quantitative estimate of drug-likeness (QED) is 0.499. The summed E-state index contributed by atoms with van der Waals surface area (Å²) in [5, 5.41) is 0.697. The first-order chi connectivity index (χ1) is 6.19. The van der Waals surface area contributed by atoms with Crippen molar-refractivity contribution in [1.29, 1.82) is 0 Å². The highest BCUT2D eigenvalue weighted by Crippen LogP contribution is 2.18. The lowest BCUT2D eigenvalue weighted by Crippen LogP contribution is -2.00. The van der Waals surface area contributed by atoms with Crippen LogP contribution in [0.25, 0.3) is 0 Å². The van der Waals surface area contributed by atoms with Gasteiger partial charge in [-0.15, -0.1) is 12.6 Å². The number of alkyl halides is 1. The van der Waals surface area contributed by atoms with Crippen molar-refractivity contribution in [2.45, 2.75) is 23.6 Å². The van der Waals surface area contributed by atoms with E-state index in [0.717, 1.165) is 16.0 Å². The minimum absolute atomic E-state index is 0.183. The van der Waals surface area contributed by atoms with Gasteiger partial charge in [0, 0.05) is 22.2 Å². The smallest absolute Gasteiger partial charge is 0.162 e. The van der Waals surface area contributed by atoms with Gasteiger partial charge in [0.15, 0.2) is 5.78 Å². The van der Waals surface area contributed by atoms with Gasteiger partial charge in [-0.05, 0) is 17.7 Å². The predicted molar refractivity (Wildman–Crippen MR) is 60.9 cm³/mol. The molecule has 70 valence electrons. The van der Waals surface area contributed by atoms with E-state index in [1.165, 1.54) is 0 Å². The average molecular weight is 259 g/mol. The molecule has 0 fully saturated rings. The van der Waals surface area contributed by atoms with Crippen molar-refractivity contribution >= 4 is 34.3 Å². The molecule has 0 bridgehead atoms. The standard InChI is InChI=1S/C10H11BrOS/c1-2-10(12)9-4-3-8(13)5-7(9)6-11/h3-5,13H,2,6H2,1H3. The molecule has 0 heterocycles. The van der Waals surface area contributed by atoms with Crippen LogP contribution in [0.1, 0.15) is 29.3 Å². The molecule has 1 nitrogen and oxygen atoms in total. The van der Waals surface area contributed by atoms with Crippen LogP contribution in [0.3, 0.4) is 0 Å². The second kappa shape index (κ2) is 4.82. The van der Waals surface area contributed by atoms with Crippen LogP contribution >= 0.6 is 28.6 Å². The van der Waals surface area contributed by atoms with Crippen molar-refractivity contribution < 1.29 is 4.79 Å². The Morgan fingerprint density at radius 1 is 1.54 bits per heavy atom. The molecular weight excluding hydrogens is 248 g/mol. The predicted octanol–water partition coefficient (Wildman–Crippen LogP) is 3.46. The van der Waals surface area contributed by atoms with E-state index in [-0.39, 0.29) is 5.78 Å². The Morgan fingerprint density at radius 2 is 2.23 bits per heavy atom. The average Bonchev–Trinajstić information content (AvgIpc) is 2.16. The van der Waals surface area contributed by atoms with E-state index in [2.05, 4.69) is 28.6 Å². The van der Waals surface area contributed by atoms with Crippen LogP contribution in [-0.2, 0) is 5.33 Å². The van der Waals surface area contributed by atoms with Crippen molar-refractivity contribution in [2.75, 3.05) is 0 Å². The molecule has 0 aliphatic carbocycles. The molecule has 0 saturated carbocycles. The molecule has 0 atom stereocenters. The van der Waals surface area contributed by atoms with Gasteiger partial charge in [-0.3, -0.25) is 4.79 Å². The van der Waals surface area contributed by atoms with Gasteiger partial charge in [0.05, 0.1) is 0 Å². The third-order valence-corrected chi connectivity index (χ3v) is 2.74. The lowest BCUT2D eigenvalue weighted by atomic mass is 10.0. The summed E-state index contributed by atoms with van der Waals surface area (Å²) < 4.78 is 0. The molecule has 0 saturated heterocycles. The molecule has 0 aliphatic rings. The van der Waals surface area contributed by atoms with E-state index >= 15 is 0 Å². The summed E-state index contributed by atoms with van der Waals surface area (Å²) in [5.41, 5.74) is 1.82. The number of hydrogen-bond donors (Lipinski definition) is 1. The number of hydrogen-bond acceptors (Lipinski definition) is 2. The van der Waals surface area contributed by atoms with Crippen LogP contribution in [0.4, 0.5) is 0 Å². The maximum atomic E-state index is 11.5. The number of benzene rings is 1. The second-order valence-electron chi connectivity index (χ2n) is 2.75. The number of rotatable bonds is 3. The number of Topliss-reactive ketones (excluding diaryl/α,β-unsaturated/α-hetero) is 1. The SMILES string of the molecule is CCC(=O)c1ccc(S)cc1CBr. The van der Waals surface area contributed by atoms with Gasteiger partial charge >= 0.3 is 0 Å². The lowest BCUT2D eigenvalue weighted by Gasteiger charge is -2.05. The maximum Gasteiger partial charge on any atom is 0.162 e. The Kier molecular flexibility index (Phi) is 4.00. The first-order valence-corrected chi connectivity index (χ1v) is 5.67. The Labute approximate surface area is 92.1 Å². The second-order valence-corrected chi connectivity index (χ2v) is 3.83. The topological polar surface area (TPSA) is 17.1 Å². The molecule has 0 aromatic heterocycles. The van der Waals surface area contributed by atoms with E-state index in [4.69, 9.17) is 0 Å². The van der Waals surface area contributed by atoms with Crippen LogP contribution in [0.15, 0.2) is 23.1 Å². The lowest BCUT2D eigenvalue weighted by molar-refractivity contribution is 0.0987. The summed E-state index contributed by atoms with van der Waals surface area (Å²) in [4.78, 5) is 12.3. The molecule has 0 amide bonds. The third kappa shape index (κ3) is 2.58. The summed E-state index contributed by atoms with van der Waals surface area (Å²) in [7, 11) is 0. The fourth-order valence-electron chi connectivity index (χ4n) is 1.15. The van der Waals surface area contributed by atoms with Crippen molar-refractivity contribution in [3.05, 3.63) is 29.3 Å². The number of ketones is 1. The molecule has 1 aromatic carbocycles. The number of carbonyl (C=O) groups excluding carboxylic acids is 1. The van der Waals surface area contributed by atoms with Gasteiger partial charge in [-0.1, -0.05) is 28.9 Å². The van der Waals surface area contributed by atoms with E-state index in [9.17, 15) is 4.79 Å². The first kappa shape index (κ1) is 10.8. The van der Waals surface area contributed by atoms with E-state index < -0.39 is 0 Å². The Balaban J connectivity index is 3.13. The maximum absolute atomic E-state index is 11.5. The molecule has 0 spiro atoms. The van der Waals surface area contributed by atoms with Crippen LogP contribution < -0.4 is 0 Å². The van der Waals surface area contributed by atoms with Gasteiger partial charge in [0.2, 0.25) is 0 Å². The van der Waals surface area contributed by atoms with Crippen LogP contribution in [0, 0.1) is 0 Å². The molecule has 1 rings (SSSR count). The Hall–Kier alpha value is -0.280. The molecule has 0 unspecified atom stereocenters. The third-order valence-electron chi connectivity index (χ3n) is 1.85. The fourth-order valence-corrected chi connectivity index (χ4v) is 1.85. The summed E-state index contributed by atoms with van der Waals surface area (Å²) in [6.45, 7) is 1.87. The number of thiol groups is 1. The Morgan fingerprint density at radius 3 is 2.77 bits per heavy atom. The zero-order valence-electron chi connectivity index (χ0n) is 7.38. The highest BCUT2D eigenvalue weighted by atomic mass is 79.9. The Bertz CT molecular complexity index is 323. The molecule has 1 aromatic rings. The fraction of sp³-hybridized carbons (Fsp3) is 0.300. The van der Waals surface area contributed by atoms with Crippen molar-refractivity contribution in [3.63, 3.8) is 0 Å². The molecule has 0 radical (unpaired) electrons. The molecule has 0 N–H and O–H groups in total. The van der Waals surface area contributed by atoms with Crippen molar-refractivity contribution in [3.8, 4) is 0 Å². The van der Waals surface area contributed by atoms with Gasteiger partial charge in [-0.2, -0.15) is 0 Å². The largest absolute Gasteiger partial charge is 0.294 e. The summed E-state index contributed by atoms with van der Waals surface area (Å²) in [5.74, 6) is 0.183. The van der Waals surface area contributed by atoms with Gasteiger partial charge in [0.1, 0.15) is 0 Å². The highest BCUT2D eigenvalue weighted by molar-refractivity contribution is 9.08. The normalized spacial score (nSPS) is 10.1. The monoisotopic (exact) mass is 258 g/mol. The van der Waals surface area contributed by atoms with Crippen LogP contribution in [0.2, 0.25) is 0 Å². The van der Waals surface area contributed by atoms with Crippen molar-refractivity contribution in [2.24, 2.45) is 0 Å². The first-order valence-electron chi connectivity index (χ1n) is 4.10. The number of halogens is 1. The zero-order valence-corrected chi connectivity index (χ0v) is 9.86. The molecule has 13 heavy (non-hydrogen) atoms.